The number of esters is 1. The highest BCUT2D eigenvalue weighted by molar-refractivity contribution is 6.30. The molecule has 1 aromatic heterocycles. The van der Waals surface area contributed by atoms with Gasteiger partial charge in [0.15, 0.2) is 0 Å². The van der Waals surface area contributed by atoms with Gasteiger partial charge in [0.1, 0.15) is 5.69 Å². The van der Waals surface area contributed by atoms with Gasteiger partial charge in [-0.15, -0.1) is 0 Å². The lowest BCUT2D eigenvalue weighted by Crippen LogP contribution is -2.09. The number of halogens is 1. The molecule has 0 amide bonds. The first-order valence-electron chi connectivity index (χ1n) is 4.51. The number of ether oxygens (including phenoxy) is 2. The minimum atomic E-state index is -0.464. The molecule has 0 aromatic carbocycles. The zero-order valence-electron chi connectivity index (χ0n) is 8.40. The first-order chi connectivity index (χ1) is 7.24. The molecule has 4 nitrogen and oxygen atoms in total. The lowest BCUT2D eigenvalue weighted by molar-refractivity contribution is 0.0461. The zero-order valence-corrected chi connectivity index (χ0v) is 9.16. The molecule has 15 heavy (non-hydrogen) atoms. The van der Waals surface area contributed by atoms with E-state index in [1.165, 1.54) is 12.3 Å². The smallest absolute Gasteiger partial charge is 0.356 e. The Morgan fingerprint density at radius 2 is 2.33 bits per heavy atom. The molecule has 0 atom stereocenters. The molecule has 0 aliphatic heterocycles. The SMILES string of the molecule is COCCCOC(=O)c1cc(Cl)ccn1. The second-order valence-electron chi connectivity index (χ2n) is 2.84. The minimum Gasteiger partial charge on any atom is -0.461 e. The van der Waals surface area contributed by atoms with Crippen LogP contribution < -0.4 is 0 Å². The molecule has 1 aromatic rings. The van der Waals surface area contributed by atoms with Gasteiger partial charge >= 0.3 is 5.97 Å². The molecule has 0 saturated heterocycles. The summed E-state index contributed by atoms with van der Waals surface area (Å²) < 4.78 is 9.77. The first kappa shape index (κ1) is 11.9. The molecule has 82 valence electrons. The molecule has 0 fully saturated rings. The molecule has 0 saturated carbocycles. The monoisotopic (exact) mass is 229 g/mol. The molecule has 5 heteroatoms. The average Bonchev–Trinajstić information content (AvgIpc) is 2.24. The van der Waals surface area contributed by atoms with Gasteiger partial charge < -0.3 is 9.47 Å². The highest BCUT2D eigenvalue weighted by atomic mass is 35.5. The van der Waals surface area contributed by atoms with Crippen molar-refractivity contribution in [2.45, 2.75) is 6.42 Å². The van der Waals surface area contributed by atoms with E-state index in [0.717, 1.165) is 0 Å². The fourth-order valence-electron chi connectivity index (χ4n) is 0.958. The predicted octanol–water partition coefficient (Wildman–Crippen LogP) is 1.93. The van der Waals surface area contributed by atoms with Crippen molar-refractivity contribution in [1.82, 2.24) is 4.98 Å². The number of hydrogen-bond acceptors (Lipinski definition) is 4. The Morgan fingerprint density at radius 1 is 1.53 bits per heavy atom. The van der Waals surface area contributed by atoms with E-state index in [9.17, 15) is 4.79 Å². The molecule has 0 radical (unpaired) electrons. The summed E-state index contributed by atoms with van der Waals surface area (Å²) in [5.41, 5.74) is 0.222. The van der Waals surface area contributed by atoms with Crippen LogP contribution in [0.15, 0.2) is 18.3 Å². The van der Waals surface area contributed by atoms with E-state index in [1.54, 1.807) is 13.2 Å². The third-order valence-electron chi connectivity index (χ3n) is 1.66. The van der Waals surface area contributed by atoms with Crippen LogP contribution in [0, 0.1) is 0 Å². The van der Waals surface area contributed by atoms with Gasteiger partial charge in [-0.25, -0.2) is 9.78 Å². The lowest BCUT2D eigenvalue weighted by atomic mass is 10.3. The van der Waals surface area contributed by atoms with E-state index in [2.05, 4.69) is 4.98 Å². The maximum absolute atomic E-state index is 11.4. The average molecular weight is 230 g/mol. The zero-order chi connectivity index (χ0) is 11.1. The summed E-state index contributed by atoms with van der Waals surface area (Å²) in [5, 5.41) is 0.467. The summed E-state index contributed by atoms with van der Waals surface area (Å²) in [6.07, 6.45) is 2.14. The van der Waals surface area contributed by atoms with Crippen molar-refractivity contribution in [1.29, 1.82) is 0 Å². The van der Waals surface area contributed by atoms with Crippen molar-refractivity contribution in [3.8, 4) is 0 Å². The van der Waals surface area contributed by atoms with Gasteiger partial charge in [-0.05, 0) is 12.1 Å². The molecular weight excluding hydrogens is 218 g/mol. The van der Waals surface area contributed by atoms with Gasteiger partial charge in [0.05, 0.1) is 6.61 Å². The summed E-state index contributed by atoms with van der Waals surface area (Å²) in [6.45, 7) is 0.886. The quantitative estimate of drug-likeness (QED) is 0.572. The molecule has 0 unspecified atom stereocenters. The second-order valence-corrected chi connectivity index (χ2v) is 3.28. The van der Waals surface area contributed by atoms with Gasteiger partial charge in [0, 0.05) is 31.4 Å². The van der Waals surface area contributed by atoms with E-state index in [-0.39, 0.29) is 5.69 Å². The van der Waals surface area contributed by atoms with Crippen molar-refractivity contribution < 1.29 is 14.3 Å². The van der Waals surface area contributed by atoms with Crippen LogP contribution >= 0.6 is 11.6 Å². The largest absolute Gasteiger partial charge is 0.461 e. The predicted molar refractivity (Wildman–Crippen MR) is 56.0 cm³/mol. The van der Waals surface area contributed by atoms with E-state index < -0.39 is 5.97 Å². The Labute approximate surface area is 93.2 Å². The minimum absolute atomic E-state index is 0.222. The summed E-state index contributed by atoms with van der Waals surface area (Å²) in [7, 11) is 1.60. The van der Waals surface area contributed by atoms with E-state index in [4.69, 9.17) is 21.1 Å². The van der Waals surface area contributed by atoms with Crippen molar-refractivity contribution >= 4 is 17.6 Å². The molecule has 0 N–H and O–H groups in total. The fraction of sp³-hybridized carbons (Fsp3) is 0.400. The third-order valence-corrected chi connectivity index (χ3v) is 1.89. The Kier molecular flexibility index (Phi) is 5.07. The standard InChI is InChI=1S/C10H12ClNO3/c1-14-5-2-6-15-10(13)9-7-8(11)3-4-12-9/h3-4,7H,2,5-6H2,1H3. The van der Waals surface area contributed by atoms with E-state index >= 15 is 0 Å². The highest BCUT2D eigenvalue weighted by Crippen LogP contribution is 2.08. The number of carbonyl (C=O) groups excluding carboxylic acids is 1. The molecule has 1 rings (SSSR count). The maximum atomic E-state index is 11.4. The molecule has 0 bridgehead atoms. The number of methoxy groups -OCH3 is 1. The van der Waals surface area contributed by atoms with Crippen LogP contribution in [-0.2, 0) is 9.47 Å². The van der Waals surface area contributed by atoms with Crippen LogP contribution in [-0.4, -0.2) is 31.3 Å². The Balaban J connectivity index is 2.40. The van der Waals surface area contributed by atoms with Gasteiger partial charge in [-0.1, -0.05) is 11.6 Å². The topological polar surface area (TPSA) is 48.4 Å². The van der Waals surface area contributed by atoms with Crippen LogP contribution in [0.2, 0.25) is 5.02 Å². The van der Waals surface area contributed by atoms with Crippen molar-refractivity contribution in [2.24, 2.45) is 0 Å². The summed E-state index contributed by atoms with van der Waals surface area (Å²) in [6, 6.07) is 3.07. The van der Waals surface area contributed by atoms with Gasteiger partial charge in [0.25, 0.3) is 0 Å². The Morgan fingerprint density at radius 3 is 3.00 bits per heavy atom. The first-order valence-corrected chi connectivity index (χ1v) is 4.89. The summed E-state index contributed by atoms with van der Waals surface area (Å²) in [4.78, 5) is 15.2. The van der Waals surface area contributed by atoms with Crippen molar-refractivity contribution in [3.05, 3.63) is 29.0 Å². The van der Waals surface area contributed by atoms with Crippen molar-refractivity contribution in [3.63, 3.8) is 0 Å². The number of rotatable bonds is 5. The molecule has 1 heterocycles. The second kappa shape index (κ2) is 6.37. The Bertz CT molecular complexity index is 330. The fourth-order valence-corrected chi connectivity index (χ4v) is 1.12. The Hall–Kier alpha value is -1.13. The number of hydrogen-bond donors (Lipinski definition) is 0. The molecule has 0 aliphatic carbocycles. The van der Waals surface area contributed by atoms with Crippen molar-refractivity contribution in [2.75, 3.05) is 20.3 Å². The van der Waals surface area contributed by atoms with Crippen LogP contribution in [0.5, 0.6) is 0 Å². The van der Waals surface area contributed by atoms with Gasteiger partial charge in [0.2, 0.25) is 0 Å². The summed E-state index contributed by atoms with van der Waals surface area (Å²) in [5.74, 6) is -0.464. The van der Waals surface area contributed by atoms with Gasteiger partial charge in [-0.3, -0.25) is 0 Å². The van der Waals surface area contributed by atoms with Crippen LogP contribution in [0.3, 0.4) is 0 Å². The number of pyridine rings is 1. The summed E-state index contributed by atoms with van der Waals surface area (Å²) >= 11 is 5.70. The number of carbonyl (C=O) groups is 1. The number of aromatic nitrogens is 1. The van der Waals surface area contributed by atoms with Crippen LogP contribution in [0.1, 0.15) is 16.9 Å². The van der Waals surface area contributed by atoms with E-state index in [1.807, 2.05) is 0 Å². The van der Waals surface area contributed by atoms with Crippen LogP contribution in [0.4, 0.5) is 0 Å². The molecule has 0 aliphatic rings. The van der Waals surface area contributed by atoms with E-state index in [0.29, 0.717) is 24.7 Å². The normalized spacial score (nSPS) is 10.0. The van der Waals surface area contributed by atoms with Gasteiger partial charge in [-0.2, -0.15) is 0 Å². The lowest BCUT2D eigenvalue weighted by Gasteiger charge is -2.03. The number of nitrogens with zero attached hydrogens (tertiary/aromatic N) is 1. The third kappa shape index (κ3) is 4.27. The van der Waals surface area contributed by atoms with Crippen LogP contribution in [0.25, 0.3) is 0 Å². The highest BCUT2D eigenvalue weighted by Gasteiger charge is 2.08. The molecule has 0 spiro atoms. The maximum Gasteiger partial charge on any atom is 0.356 e. The molecular formula is C10H12ClNO3.